The van der Waals surface area contributed by atoms with Crippen LogP contribution < -0.4 is 5.32 Å². The molecule has 1 heterocycles. The maximum atomic E-state index is 12.0. The van der Waals surface area contributed by atoms with E-state index in [4.69, 9.17) is 5.11 Å². The first-order valence-electron chi connectivity index (χ1n) is 6.84. The maximum absolute atomic E-state index is 12.0. The van der Waals surface area contributed by atoms with E-state index in [9.17, 15) is 9.59 Å². The van der Waals surface area contributed by atoms with Gasteiger partial charge in [0.25, 0.3) is 0 Å². The molecule has 19 heavy (non-hydrogen) atoms. The summed E-state index contributed by atoms with van der Waals surface area (Å²) in [7, 11) is 3.85. The van der Waals surface area contributed by atoms with E-state index in [-0.39, 0.29) is 18.5 Å². The summed E-state index contributed by atoms with van der Waals surface area (Å²) in [5, 5.41) is 11.5. The topological polar surface area (TPSA) is 72.9 Å². The highest BCUT2D eigenvalue weighted by Crippen LogP contribution is 2.15. The third-order valence-electron chi connectivity index (χ3n) is 3.61. The molecule has 1 aliphatic heterocycles. The van der Waals surface area contributed by atoms with Crippen molar-refractivity contribution < 1.29 is 14.7 Å². The van der Waals surface area contributed by atoms with Gasteiger partial charge in [-0.05, 0) is 32.4 Å². The molecule has 2 amide bonds. The van der Waals surface area contributed by atoms with Crippen LogP contribution in [0.2, 0.25) is 0 Å². The minimum Gasteiger partial charge on any atom is -0.481 e. The number of rotatable bonds is 6. The van der Waals surface area contributed by atoms with Crippen molar-refractivity contribution in [1.29, 1.82) is 0 Å². The Bertz CT molecular complexity index is 322. The summed E-state index contributed by atoms with van der Waals surface area (Å²) in [4.78, 5) is 26.6. The molecule has 1 aliphatic rings. The summed E-state index contributed by atoms with van der Waals surface area (Å²) >= 11 is 0. The third kappa shape index (κ3) is 5.46. The number of nitrogens with zero attached hydrogens (tertiary/aromatic N) is 2. The molecule has 0 aromatic heterocycles. The van der Waals surface area contributed by atoms with E-state index in [2.05, 4.69) is 17.3 Å². The molecule has 0 saturated carbocycles. The smallest absolute Gasteiger partial charge is 0.317 e. The number of carbonyl (C=O) groups is 2. The zero-order valence-corrected chi connectivity index (χ0v) is 12.1. The number of amides is 2. The summed E-state index contributed by atoms with van der Waals surface area (Å²) < 4.78 is 0. The van der Waals surface area contributed by atoms with Crippen LogP contribution in [0.5, 0.6) is 0 Å². The Morgan fingerprint density at radius 3 is 2.68 bits per heavy atom. The van der Waals surface area contributed by atoms with E-state index in [1.54, 1.807) is 11.9 Å². The normalized spacial score (nSPS) is 21.1. The predicted molar refractivity (Wildman–Crippen MR) is 73.1 cm³/mol. The molecule has 2 unspecified atom stereocenters. The van der Waals surface area contributed by atoms with Crippen molar-refractivity contribution in [2.24, 2.45) is 5.92 Å². The van der Waals surface area contributed by atoms with Crippen molar-refractivity contribution in [1.82, 2.24) is 15.1 Å². The highest BCUT2D eigenvalue weighted by molar-refractivity contribution is 5.75. The summed E-state index contributed by atoms with van der Waals surface area (Å²) in [6.07, 6.45) is 1.71. The Balaban J connectivity index is 2.36. The zero-order chi connectivity index (χ0) is 14.4. The van der Waals surface area contributed by atoms with E-state index in [1.807, 2.05) is 6.92 Å². The van der Waals surface area contributed by atoms with Crippen molar-refractivity contribution in [3.05, 3.63) is 0 Å². The SMILES string of the molecule is CCC(CC(=O)O)NC(=O)N(C)CC1CCN(C)C1. The highest BCUT2D eigenvalue weighted by atomic mass is 16.4. The Kier molecular flexibility index (Phi) is 6.08. The first kappa shape index (κ1) is 15.8. The molecular formula is C13H25N3O3. The number of carboxylic acid groups (broad SMARTS) is 1. The van der Waals surface area contributed by atoms with Gasteiger partial charge in [-0.1, -0.05) is 6.92 Å². The zero-order valence-electron chi connectivity index (χ0n) is 12.1. The molecule has 1 fully saturated rings. The van der Waals surface area contributed by atoms with Crippen LogP contribution in [-0.2, 0) is 4.79 Å². The van der Waals surface area contributed by atoms with Crippen LogP contribution in [0.1, 0.15) is 26.2 Å². The van der Waals surface area contributed by atoms with Gasteiger partial charge in [0.15, 0.2) is 0 Å². The van der Waals surface area contributed by atoms with Gasteiger partial charge in [0, 0.05) is 26.2 Å². The number of hydrogen-bond donors (Lipinski definition) is 2. The fourth-order valence-electron chi connectivity index (χ4n) is 2.44. The Labute approximate surface area is 114 Å². The second-order valence-electron chi connectivity index (χ2n) is 5.45. The lowest BCUT2D eigenvalue weighted by molar-refractivity contribution is -0.137. The molecule has 0 radical (unpaired) electrons. The molecule has 1 saturated heterocycles. The number of nitrogens with one attached hydrogen (secondary N) is 1. The Morgan fingerprint density at radius 2 is 2.21 bits per heavy atom. The largest absolute Gasteiger partial charge is 0.481 e. The minimum atomic E-state index is -0.882. The molecule has 6 heteroatoms. The third-order valence-corrected chi connectivity index (χ3v) is 3.61. The molecular weight excluding hydrogens is 246 g/mol. The number of urea groups is 1. The summed E-state index contributed by atoms with van der Waals surface area (Å²) in [5.41, 5.74) is 0. The van der Waals surface area contributed by atoms with E-state index in [0.717, 1.165) is 26.1 Å². The van der Waals surface area contributed by atoms with Crippen LogP contribution in [0.25, 0.3) is 0 Å². The van der Waals surface area contributed by atoms with E-state index in [0.29, 0.717) is 12.3 Å². The molecule has 110 valence electrons. The van der Waals surface area contributed by atoms with Crippen molar-refractivity contribution in [2.75, 3.05) is 33.7 Å². The highest BCUT2D eigenvalue weighted by Gasteiger charge is 2.23. The number of carboxylic acids is 1. The number of hydrogen-bond acceptors (Lipinski definition) is 3. The van der Waals surface area contributed by atoms with E-state index < -0.39 is 5.97 Å². The fourth-order valence-corrected chi connectivity index (χ4v) is 2.44. The van der Waals surface area contributed by atoms with Gasteiger partial charge in [-0.2, -0.15) is 0 Å². The average molecular weight is 271 g/mol. The second kappa shape index (κ2) is 7.33. The first-order valence-corrected chi connectivity index (χ1v) is 6.84. The van der Waals surface area contributed by atoms with Gasteiger partial charge >= 0.3 is 12.0 Å². The molecule has 0 aliphatic carbocycles. The van der Waals surface area contributed by atoms with Gasteiger partial charge < -0.3 is 20.2 Å². The van der Waals surface area contributed by atoms with Crippen molar-refractivity contribution in [3.8, 4) is 0 Å². The molecule has 0 aromatic rings. The number of carbonyl (C=O) groups excluding carboxylic acids is 1. The van der Waals surface area contributed by atoms with Gasteiger partial charge in [-0.25, -0.2) is 4.79 Å². The monoisotopic (exact) mass is 271 g/mol. The summed E-state index contributed by atoms with van der Waals surface area (Å²) in [5.74, 6) is -0.368. The lowest BCUT2D eigenvalue weighted by Crippen LogP contribution is -2.45. The molecule has 1 rings (SSSR count). The number of aliphatic carboxylic acids is 1. The quantitative estimate of drug-likeness (QED) is 0.750. The fraction of sp³-hybridized carbons (Fsp3) is 0.846. The van der Waals surface area contributed by atoms with Gasteiger partial charge in [0.05, 0.1) is 6.42 Å². The number of likely N-dealkylation sites (tertiary alicyclic amines) is 1. The minimum absolute atomic E-state index is 0.0255. The molecule has 6 nitrogen and oxygen atoms in total. The standard InChI is InChI=1S/C13H25N3O3/c1-4-11(7-12(17)18)14-13(19)16(3)9-10-5-6-15(2)8-10/h10-11H,4-9H2,1-3H3,(H,14,19)(H,17,18). The van der Waals surface area contributed by atoms with E-state index in [1.165, 1.54) is 0 Å². The van der Waals surface area contributed by atoms with Gasteiger partial charge in [0.1, 0.15) is 0 Å². The maximum Gasteiger partial charge on any atom is 0.317 e. The summed E-state index contributed by atoms with van der Waals surface area (Å²) in [6.45, 7) is 4.69. The van der Waals surface area contributed by atoms with E-state index >= 15 is 0 Å². The van der Waals surface area contributed by atoms with Gasteiger partial charge in [-0.15, -0.1) is 0 Å². The van der Waals surface area contributed by atoms with Crippen LogP contribution in [0.3, 0.4) is 0 Å². The molecule has 0 aromatic carbocycles. The first-order chi connectivity index (χ1) is 8.92. The van der Waals surface area contributed by atoms with Gasteiger partial charge in [0.2, 0.25) is 0 Å². The molecule has 0 spiro atoms. The van der Waals surface area contributed by atoms with Gasteiger partial charge in [-0.3, -0.25) is 4.79 Å². The van der Waals surface area contributed by atoms with Crippen LogP contribution in [-0.4, -0.2) is 66.7 Å². The molecule has 2 N–H and O–H groups in total. The second-order valence-corrected chi connectivity index (χ2v) is 5.45. The molecule has 0 bridgehead atoms. The van der Waals surface area contributed by atoms with Crippen LogP contribution in [0, 0.1) is 5.92 Å². The lowest BCUT2D eigenvalue weighted by atomic mass is 10.1. The van der Waals surface area contributed by atoms with Crippen molar-refractivity contribution in [2.45, 2.75) is 32.2 Å². The predicted octanol–water partition coefficient (Wildman–Crippen LogP) is 0.833. The lowest BCUT2D eigenvalue weighted by Gasteiger charge is -2.24. The van der Waals surface area contributed by atoms with Crippen molar-refractivity contribution >= 4 is 12.0 Å². The Hall–Kier alpha value is -1.30. The van der Waals surface area contributed by atoms with Crippen LogP contribution in [0.15, 0.2) is 0 Å². The van der Waals surface area contributed by atoms with Crippen molar-refractivity contribution in [3.63, 3.8) is 0 Å². The Morgan fingerprint density at radius 1 is 1.53 bits per heavy atom. The average Bonchev–Trinajstić information content (AvgIpc) is 2.73. The molecule has 2 atom stereocenters. The van der Waals surface area contributed by atoms with Crippen LogP contribution >= 0.6 is 0 Å². The summed E-state index contributed by atoms with van der Waals surface area (Å²) in [6, 6.07) is -0.471. The van der Waals surface area contributed by atoms with Crippen LogP contribution in [0.4, 0.5) is 4.79 Å².